The Morgan fingerprint density at radius 2 is 1.74 bits per heavy atom. The Morgan fingerprint density at radius 3 is 2.17 bits per heavy atom. The minimum atomic E-state index is -0.735. The third kappa shape index (κ3) is 3.07. The first-order valence-electron chi connectivity index (χ1n) is 6.67. The van der Waals surface area contributed by atoms with Crippen molar-refractivity contribution in [1.29, 1.82) is 0 Å². The summed E-state index contributed by atoms with van der Waals surface area (Å²) in [7, 11) is 5.72. The second-order valence-corrected chi connectivity index (χ2v) is 4.53. The Hall–Kier alpha value is -2.74. The predicted molar refractivity (Wildman–Crippen MR) is 82.3 cm³/mol. The molecular formula is C15H18N2O6. The van der Waals surface area contributed by atoms with Crippen LogP contribution < -0.4 is 9.47 Å². The molecule has 0 fully saturated rings. The van der Waals surface area contributed by atoms with Crippen molar-refractivity contribution in [1.82, 2.24) is 5.06 Å². The number of hydrogen-bond acceptors (Lipinski definition) is 8. The largest absolute Gasteiger partial charge is 0.502 e. The first-order valence-corrected chi connectivity index (χ1v) is 6.67. The van der Waals surface area contributed by atoms with Gasteiger partial charge in [-0.15, -0.1) is 0 Å². The zero-order valence-electron chi connectivity index (χ0n) is 13.3. The summed E-state index contributed by atoms with van der Waals surface area (Å²) >= 11 is 0. The Labute approximate surface area is 133 Å². The monoisotopic (exact) mass is 322 g/mol. The molecular weight excluding hydrogens is 304 g/mol. The summed E-state index contributed by atoms with van der Waals surface area (Å²) in [6.07, 6.45) is 2.35. The van der Waals surface area contributed by atoms with Crippen LogP contribution in [0.2, 0.25) is 0 Å². The average Bonchev–Trinajstić information content (AvgIpc) is 2.92. The molecule has 23 heavy (non-hydrogen) atoms. The molecule has 8 heteroatoms. The normalized spacial score (nSPS) is 18.8. The maximum absolute atomic E-state index is 11.4. The molecule has 0 saturated heterocycles. The number of nitrogens with zero attached hydrogens (tertiary/aromatic N) is 2. The van der Waals surface area contributed by atoms with Crippen LogP contribution in [-0.2, 0) is 14.4 Å². The average molecular weight is 322 g/mol. The molecule has 0 radical (unpaired) electrons. The van der Waals surface area contributed by atoms with E-state index in [-0.39, 0.29) is 23.3 Å². The Balaban J connectivity index is 2.48. The SMILES string of the molecule is COC1=NC(=Cc2cc(OC)c(O)c(OC)c2)C(C=O)N1OC. The number of phenolic OH excluding ortho intramolecular Hbond substituents is 1. The van der Waals surface area contributed by atoms with E-state index in [9.17, 15) is 9.90 Å². The Bertz CT molecular complexity index is 630. The van der Waals surface area contributed by atoms with Crippen LogP contribution >= 0.6 is 0 Å². The standard InChI is InChI=1S/C15H18N2O6/c1-20-12-6-9(7-13(21-2)14(12)19)5-10-11(8-18)17(23-4)15(16-10)22-3/h5-8,11,19H,1-4H3. The lowest BCUT2D eigenvalue weighted by atomic mass is 10.1. The fourth-order valence-corrected chi connectivity index (χ4v) is 2.20. The number of aliphatic imine (C=N–C) groups is 1. The number of carbonyl (C=O) groups excluding carboxylic acids is 1. The summed E-state index contributed by atoms with van der Waals surface area (Å²) in [5, 5.41) is 11.2. The minimum absolute atomic E-state index is 0.102. The zero-order chi connectivity index (χ0) is 17.0. The molecule has 1 aromatic carbocycles. The maximum Gasteiger partial charge on any atom is 0.317 e. The second-order valence-electron chi connectivity index (χ2n) is 4.53. The van der Waals surface area contributed by atoms with Gasteiger partial charge in [0.2, 0.25) is 5.75 Å². The topological polar surface area (TPSA) is 89.8 Å². The van der Waals surface area contributed by atoms with E-state index in [0.717, 1.165) is 0 Å². The van der Waals surface area contributed by atoms with Crippen molar-refractivity contribution < 1.29 is 28.9 Å². The van der Waals surface area contributed by atoms with Gasteiger partial charge in [-0.05, 0) is 23.8 Å². The smallest absolute Gasteiger partial charge is 0.317 e. The van der Waals surface area contributed by atoms with Gasteiger partial charge in [-0.1, -0.05) is 0 Å². The highest BCUT2D eigenvalue weighted by atomic mass is 16.7. The van der Waals surface area contributed by atoms with Gasteiger partial charge >= 0.3 is 6.02 Å². The third-order valence-corrected chi connectivity index (χ3v) is 3.29. The molecule has 1 atom stereocenters. The number of methoxy groups -OCH3 is 3. The molecule has 8 nitrogen and oxygen atoms in total. The zero-order valence-corrected chi connectivity index (χ0v) is 13.3. The van der Waals surface area contributed by atoms with Crippen molar-refractivity contribution in [3.05, 3.63) is 23.4 Å². The van der Waals surface area contributed by atoms with Crippen LogP contribution in [-0.4, -0.2) is 57.0 Å². The van der Waals surface area contributed by atoms with Crippen molar-refractivity contribution in [2.24, 2.45) is 4.99 Å². The molecule has 1 aliphatic rings. The number of amidine groups is 1. The Kier molecular flexibility index (Phi) is 5.07. The number of hydroxylamine groups is 2. The van der Waals surface area contributed by atoms with Gasteiger partial charge in [-0.25, -0.2) is 0 Å². The van der Waals surface area contributed by atoms with Gasteiger partial charge in [0, 0.05) is 0 Å². The molecule has 1 aromatic rings. The van der Waals surface area contributed by atoms with Gasteiger partial charge in [-0.2, -0.15) is 10.1 Å². The van der Waals surface area contributed by atoms with Gasteiger partial charge in [0.15, 0.2) is 23.8 Å². The summed E-state index contributed by atoms with van der Waals surface area (Å²) < 4.78 is 15.3. The van der Waals surface area contributed by atoms with Crippen LogP contribution in [0.25, 0.3) is 6.08 Å². The lowest BCUT2D eigenvalue weighted by molar-refractivity contribution is -0.128. The van der Waals surface area contributed by atoms with Gasteiger partial charge in [0.25, 0.3) is 0 Å². The fourth-order valence-electron chi connectivity index (χ4n) is 2.20. The Morgan fingerprint density at radius 1 is 1.13 bits per heavy atom. The van der Waals surface area contributed by atoms with E-state index in [1.54, 1.807) is 18.2 Å². The van der Waals surface area contributed by atoms with E-state index in [4.69, 9.17) is 19.0 Å². The molecule has 1 aliphatic heterocycles. The summed E-state index contributed by atoms with van der Waals surface area (Å²) in [5.74, 6) is 0.392. The summed E-state index contributed by atoms with van der Waals surface area (Å²) in [4.78, 5) is 20.7. The van der Waals surface area contributed by atoms with Crippen molar-refractivity contribution in [3.8, 4) is 17.2 Å². The van der Waals surface area contributed by atoms with Gasteiger partial charge in [0.1, 0.15) is 0 Å². The van der Waals surface area contributed by atoms with Crippen molar-refractivity contribution >= 4 is 18.4 Å². The fraction of sp³-hybridized carbons (Fsp3) is 0.333. The minimum Gasteiger partial charge on any atom is -0.502 e. The van der Waals surface area contributed by atoms with E-state index in [0.29, 0.717) is 17.5 Å². The quantitative estimate of drug-likeness (QED) is 0.815. The van der Waals surface area contributed by atoms with Crippen LogP contribution in [0, 0.1) is 0 Å². The van der Waals surface area contributed by atoms with Crippen LogP contribution in [0.1, 0.15) is 5.56 Å². The highest BCUT2D eigenvalue weighted by Crippen LogP contribution is 2.38. The number of phenols is 1. The third-order valence-electron chi connectivity index (χ3n) is 3.29. The molecule has 0 amide bonds. The maximum atomic E-state index is 11.4. The van der Waals surface area contributed by atoms with E-state index in [1.807, 2.05) is 0 Å². The molecule has 1 N–H and O–H groups in total. The van der Waals surface area contributed by atoms with Crippen LogP contribution in [0.15, 0.2) is 22.8 Å². The van der Waals surface area contributed by atoms with E-state index >= 15 is 0 Å². The van der Waals surface area contributed by atoms with Gasteiger partial charge < -0.3 is 24.1 Å². The molecule has 0 aromatic heterocycles. The summed E-state index contributed by atoms with van der Waals surface area (Å²) in [6, 6.07) is 2.64. The number of benzene rings is 1. The van der Waals surface area contributed by atoms with E-state index in [1.165, 1.54) is 33.5 Å². The van der Waals surface area contributed by atoms with Crippen LogP contribution in [0.3, 0.4) is 0 Å². The summed E-state index contributed by atoms with van der Waals surface area (Å²) in [5.41, 5.74) is 1.06. The molecule has 1 unspecified atom stereocenters. The van der Waals surface area contributed by atoms with Crippen LogP contribution in [0.4, 0.5) is 0 Å². The van der Waals surface area contributed by atoms with E-state index in [2.05, 4.69) is 4.99 Å². The molecule has 0 aliphatic carbocycles. The van der Waals surface area contributed by atoms with Gasteiger partial charge in [0.05, 0.1) is 34.1 Å². The summed E-state index contributed by atoms with van der Waals surface area (Å²) in [6.45, 7) is 0. The van der Waals surface area contributed by atoms with Crippen molar-refractivity contribution in [3.63, 3.8) is 0 Å². The van der Waals surface area contributed by atoms with Crippen molar-refractivity contribution in [2.45, 2.75) is 6.04 Å². The molecule has 0 saturated carbocycles. The van der Waals surface area contributed by atoms with E-state index < -0.39 is 6.04 Å². The number of ether oxygens (including phenoxy) is 3. The molecule has 1 heterocycles. The first kappa shape index (κ1) is 16.6. The molecule has 0 spiro atoms. The molecule has 0 bridgehead atoms. The second kappa shape index (κ2) is 7.01. The van der Waals surface area contributed by atoms with Crippen molar-refractivity contribution in [2.75, 3.05) is 28.4 Å². The lowest BCUT2D eigenvalue weighted by Crippen LogP contribution is -2.36. The number of carbonyl (C=O) groups is 1. The number of hydrogen-bond donors (Lipinski definition) is 1. The predicted octanol–water partition coefficient (Wildman–Crippen LogP) is 1.20. The number of aromatic hydroxyl groups is 1. The van der Waals surface area contributed by atoms with Gasteiger partial charge in [-0.3, -0.25) is 4.84 Å². The van der Waals surface area contributed by atoms with Crippen LogP contribution in [0.5, 0.6) is 17.2 Å². The number of rotatable bonds is 5. The lowest BCUT2D eigenvalue weighted by Gasteiger charge is -2.19. The first-order chi connectivity index (χ1) is 11.1. The highest BCUT2D eigenvalue weighted by Gasteiger charge is 2.33. The highest BCUT2D eigenvalue weighted by molar-refractivity contribution is 5.86. The molecule has 124 valence electrons. The molecule has 2 rings (SSSR count). The number of aldehydes is 1.